The van der Waals surface area contributed by atoms with Gasteiger partial charge in [-0.1, -0.05) is 0 Å². The minimum Gasteiger partial charge on any atom is -0.368 e. The summed E-state index contributed by atoms with van der Waals surface area (Å²) in [5.74, 6) is 0.813. The van der Waals surface area contributed by atoms with E-state index in [1.165, 1.54) is 0 Å². The molecule has 3 aromatic heterocycles. The molecule has 19 heavy (non-hydrogen) atoms. The van der Waals surface area contributed by atoms with E-state index in [9.17, 15) is 0 Å². The van der Waals surface area contributed by atoms with Crippen molar-refractivity contribution in [1.29, 1.82) is 0 Å². The summed E-state index contributed by atoms with van der Waals surface area (Å²) in [7, 11) is 0. The van der Waals surface area contributed by atoms with Crippen LogP contribution in [0.15, 0.2) is 18.6 Å². The van der Waals surface area contributed by atoms with Crippen LogP contribution >= 0.6 is 0 Å². The first-order valence-corrected chi connectivity index (χ1v) is 5.70. The summed E-state index contributed by atoms with van der Waals surface area (Å²) in [5, 5.41) is 10.6. The lowest BCUT2D eigenvalue weighted by molar-refractivity contribution is 0.977. The van der Waals surface area contributed by atoms with E-state index in [1.807, 2.05) is 6.92 Å². The summed E-state index contributed by atoms with van der Waals surface area (Å²) in [6, 6.07) is 0. The molecular formula is C11H12N8. The fourth-order valence-corrected chi connectivity index (χ4v) is 1.67. The number of hydrogen-bond acceptors (Lipinski definition) is 7. The van der Waals surface area contributed by atoms with Crippen molar-refractivity contribution in [1.82, 2.24) is 30.1 Å². The number of nitrogen functional groups attached to an aromatic ring is 1. The van der Waals surface area contributed by atoms with Crippen molar-refractivity contribution in [3.8, 4) is 0 Å². The number of aromatic amines is 1. The number of fused-ring (bicyclic) bond motifs is 1. The van der Waals surface area contributed by atoms with Crippen molar-refractivity contribution in [2.24, 2.45) is 0 Å². The lowest BCUT2D eigenvalue weighted by Gasteiger charge is -2.06. The van der Waals surface area contributed by atoms with Crippen LogP contribution in [0.25, 0.3) is 11.0 Å². The molecule has 0 spiro atoms. The maximum Gasteiger partial charge on any atom is 0.224 e. The van der Waals surface area contributed by atoms with E-state index in [2.05, 4.69) is 35.5 Å². The second-order valence-electron chi connectivity index (χ2n) is 4.07. The maximum absolute atomic E-state index is 5.63. The van der Waals surface area contributed by atoms with Gasteiger partial charge in [0.25, 0.3) is 0 Å². The van der Waals surface area contributed by atoms with Crippen LogP contribution in [0.3, 0.4) is 0 Å². The van der Waals surface area contributed by atoms with Crippen molar-refractivity contribution in [2.45, 2.75) is 13.5 Å². The molecular weight excluding hydrogens is 244 g/mol. The predicted octanol–water partition coefficient (Wildman–Crippen LogP) is 0.646. The highest BCUT2D eigenvalue weighted by Crippen LogP contribution is 2.18. The third-order valence-electron chi connectivity index (χ3n) is 2.60. The molecule has 0 aliphatic heterocycles. The summed E-state index contributed by atoms with van der Waals surface area (Å²) >= 11 is 0. The second kappa shape index (κ2) is 4.48. The fourth-order valence-electron chi connectivity index (χ4n) is 1.67. The number of hydrogen-bond donors (Lipinski definition) is 3. The van der Waals surface area contributed by atoms with Crippen LogP contribution in [0.2, 0.25) is 0 Å². The Morgan fingerprint density at radius 2 is 2.11 bits per heavy atom. The quantitative estimate of drug-likeness (QED) is 0.629. The normalized spacial score (nSPS) is 10.8. The molecule has 0 atom stereocenters. The molecule has 96 valence electrons. The third-order valence-corrected chi connectivity index (χ3v) is 2.60. The van der Waals surface area contributed by atoms with Gasteiger partial charge >= 0.3 is 0 Å². The van der Waals surface area contributed by atoms with Crippen LogP contribution < -0.4 is 11.1 Å². The van der Waals surface area contributed by atoms with Gasteiger partial charge in [0.1, 0.15) is 5.82 Å². The highest BCUT2D eigenvalue weighted by atomic mass is 15.2. The van der Waals surface area contributed by atoms with Gasteiger partial charge in [0.15, 0.2) is 5.65 Å². The lowest BCUT2D eigenvalue weighted by atomic mass is 10.3. The molecule has 8 nitrogen and oxygen atoms in total. The molecule has 0 unspecified atom stereocenters. The van der Waals surface area contributed by atoms with E-state index in [0.717, 1.165) is 16.8 Å². The molecule has 3 aromatic rings. The van der Waals surface area contributed by atoms with Gasteiger partial charge < -0.3 is 11.1 Å². The Kier molecular flexibility index (Phi) is 2.67. The Bertz CT molecular complexity index is 702. The average Bonchev–Trinajstić information content (AvgIpc) is 2.85. The molecule has 0 aliphatic rings. The Balaban J connectivity index is 1.85. The standard InChI is InChI=1S/C11H12N8/c1-6-2-14-7(3-13-6)4-15-9-8-5-16-19-10(8)18-11(12)17-9/h2-3,5H,4H2,1H3,(H4,12,15,16,17,18,19). The molecule has 0 radical (unpaired) electrons. The van der Waals surface area contributed by atoms with Crippen molar-refractivity contribution in [2.75, 3.05) is 11.1 Å². The summed E-state index contributed by atoms with van der Waals surface area (Å²) in [5.41, 5.74) is 7.94. The molecule has 0 bridgehead atoms. The zero-order chi connectivity index (χ0) is 13.2. The van der Waals surface area contributed by atoms with Gasteiger partial charge in [-0.3, -0.25) is 15.1 Å². The first-order chi connectivity index (χ1) is 9.22. The summed E-state index contributed by atoms with van der Waals surface area (Å²) in [6.45, 7) is 2.40. The number of H-pyrrole nitrogens is 1. The fraction of sp³-hybridized carbons (Fsp3) is 0.182. The van der Waals surface area contributed by atoms with Crippen LogP contribution in [0.4, 0.5) is 11.8 Å². The molecule has 4 N–H and O–H groups in total. The van der Waals surface area contributed by atoms with Crippen LogP contribution in [0.1, 0.15) is 11.4 Å². The van der Waals surface area contributed by atoms with Crippen LogP contribution in [-0.2, 0) is 6.54 Å². The number of aromatic nitrogens is 6. The highest BCUT2D eigenvalue weighted by molar-refractivity contribution is 5.86. The van der Waals surface area contributed by atoms with Gasteiger partial charge in [-0.15, -0.1) is 0 Å². The number of nitrogens with zero attached hydrogens (tertiary/aromatic N) is 5. The molecule has 0 aliphatic carbocycles. The van der Waals surface area contributed by atoms with E-state index in [4.69, 9.17) is 5.73 Å². The molecule has 3 rings (SSSR count). The van der Waals surface area contributed by atoms with Gasteiger partial charge in [0.05, 0.1) is 35.7 Å². The van der Waals surface area contributed by atoms with Crippen molar-refractivity contribution < 1.29 is 0 Å². The number of nitrogens with one attached hydrogen (secondary N) is 2. The average molecular weight is 256 g/mol. The Morgan fingerprint density at radius 3 is 2.89 bits per heavy atom. The maximum atomic E-state index is 5.63. The Hall–Kier alpha value is -2.77. The monoisotopic (exact) mass is 256 g/mol. The van der Waals surface area contributed by atoms with E-state index in [1.54, 1.807) is 18.6 Å². The van der Waals surface area contributed by atoms with Gasteiger partial charge in [-0.25, -0.2) is 0 Å². The number of aryl methyl sites for hydroxylation is 1. The number of anilines is 2. The third kappa shape index (κ3) is 2.28. The Labute approximate surface area is 108 Å². The second-order valence-corrected chi connectivity index (χ2v) is 4.07. The zero-order valence-electron chi connectivity index (χ0n) is 10.3. The van der Waals surface area contributed by atoms with E-state index in [-0.39, 0.29) is 5.95 Å². The van der Waals surface area contributed by atoms with Gasteiger partial charge in [-0.2, -0.15) is 15.1 Å². The first kappa shape index (κ1) is 11.3. The molecule has 0 saturated carbocycles. The largest absolute Gasteiger partial charge is 0.368 e. The van der Waals surface area contributed by atoms with Gasteiger partial charge in [0.2, 0.25) is 5.95 Å². The lowest BCUT2D eigenvalue weighted by Crippen LogP contribution is -2.06. The summed E-state index contributed by atoms with van der Waals surface area (Å²) in [4.78, 5) is 16.6. The molecule has 0 aromatic carbocycles. The molecule has 8 heteroatoms. The first-order valence-electron chi connectivity index (χ1n) is 5.70. The molecule has 0 amide bonds. The molecule has 3 heterocycles. The summed E-state index contributed by atoms with van der Waals surface area (Å²) in [6.07, 6.45) is 5.09. The topological polar surface area (TPSA) is 118 Å². The van der Waals surface area contributed by atoms with Gasteiger partial charge in [-0.05, 0) is 6.92 Å². The van der Waals surface area contributed by atoms with Crippen molar-refractivity contribution >= 4 is 22.8 Å². The van der Waals surface area contributed by atoms with Crippen molar-refractivity contribution in [3.63, 3.8) is 0 Å². The number of nitrogens with two attached hydrogens (primary N) is 1. The highest BCUT2D eigenvalue weighted by Gasteiger charge is 2.07. The molecule has 0 fully saturated rings. The van der Waals surface area contributed by atoms with Crippen LogP contribution in [-0.4, -0.2) is 30.1 Å². The van der Waals surface area contributed by atoms with Crippen LogP contribution in [0.5, 0.6) is 0 Å². The van der Waals surface area contributed by atoms with Gasteiger partial charge in [0, 0.05) is 6.20 Å². The SMILES string of the molecule is Cc1cnc(CNc2nc(N)nc3[nH]ncc23)cn1. The van der Waals surface area contributed by atoms with Crippen molar-refractivity contribution in [3.05, 3.63) is 30.0 Å². The Morgan fingerprint density at radius 1 is 1.21 bits per heavy atom. The zero-order valence-corrected chi connectivity index (χ0v) is 10.3. The minimum absolute atomic E-state index is 0.189. The molecule has 0 saturated heterocycles. The van der Waals surface area contributed by atoms with E-state index in [0.29, 0.717) is 18.0 Å². The number of rotatable bonds is 3. The van der Waals surface area contributed by atoms with Crippen LogP contribution in [0, 0.1) is 6.92 Å². The van der Waals surface area contributed by atoms with E-state index >= 15 is 0 Å². The smallest absolute Gasteiger partial charge is 0.224 e. The minimum atomic E-state index is 0.189. The van der Waals surface area contributed by atoms with E-state index < -0.39 is 0 Å². The summed E-state index contributed by atoms with van der Waals surface area (Å²) < 4.78 is 0. The predicted molar refractivity (Wildman–Crippen MR) is 70.2 cm³/mol.